The van der Waals surface area contributed by atoms with Crippen LogP contribution in [0.3, 0.4) is 0 Å². The number of hydrogen-bond donors (Lipinski definition) is 2. The number of pyridine rings is 2. The molecule has 32 heavy (non-hydrogen) atoms. The van der Waals surface area contributed by atoms with Gasteiger partial charge in [-0.3, -0.25) is 20.1 Å². The van der Waals surface area contributed by atoms with Gasteiger partial charge in [-0.05, 0) is 29.8 Å². The Balaban J connectivity index is 1.50. The third-order valence-electron chi connectivity index (χ3n) is 5.23. The van der Waals surface area contributed by atoms with Gasteiger partial charge >= 0.3 is 0 Å². The van der Waals surface area contributed by atoms with Gasteiger partial charge in [0, 0.05) is 24.2 Å². The summed E-state index contributed by atoms with van der Waals surface area (Å²) in [6.07, 6.45) is 8.51. The van der Waals surface area contributed by atoms with Crippen LogP contribution in [0.5, 0.6) is 5.75 Å². The second kappa shape index (κ2) is 7.24. The lowest BCUT2D eigenvalue weighted by Crippen LogP contribution is -1.89. The van der Waals surface area contributed by atoms with Crippen LogP contribution in [0.25, 0.3) is 56.1 Å². The predicted octanol–water partition coefficient (Wildman–Crippen LogP) is 4.03. The first kappa shape index (κ1) is 18.1. The van der Waals surface area contributed by atoms with Gasteiger partial charge in [-0.15, -0.1) is 0 Å². The van der Waals surface area contributed by atoms with Crippen LogP contribution in [0.15, 0.2) is 67.4 Å². The highest BCUT2D eigenvalue weighted by Gasteiger charge is 2.17. The van der Waals surface area contributed by atoms with Gasteiger partial charge in [0.05, 0.1) is 41.7 Å². The van der Waals surface area contributed by atoms with Crippen molar-refractivity contribution in [1.82, 2.24) is 40.1 Å². The molecule has 9 nitrogen and oxygen atoms in total. The number of methoxy groups -OCH3 is 1. The second-order valence-corrected chi connectivity index (χ2v) is 7.16. The highest BCUT2D eigenvalue weighted by molar-refractivity contribution is 5.95. The van der Waals surface area contributed by atoms with Gasteiger partial charge in [-0.2, -0.15) is 5.10 Å². The summed E-state index contributed by atoms with van der Waals surface area (Å²) in [7, 11) is 1.65. The number of nitrogens with one attached hydrogen (secondary N) is 2. The van der Waals surface area contributed by atoms with E-state index in [-0.39, 0.29) is 0 Å². The van der Waals surface area contributed by atoms with E-state index in [1.54, 1.807) is 38.1 Å². The highest BCUT2D eigenvalue weighted by atomic mass is 16.5. The second-order valence-electron chi connectivity index (χ2n) is 7.16. The molecule has 0 fully saturated rings. The van der Waals surface area contributed by atoms with Crippen molar-refractivity contribution < 1.29 is 4.74 Å². The van der Waals surface area contributed by atoms with Crippen LogP contribution >= 0.6 is 0 Å². The third-order valence-corrected chi connectivity index (χ3v) is 5.23. The van der Waals surface area contributed by atoms with E-state index in [4.69, 9.17) is 14.7 Å². The van der Waals surface area contributed by atoms with Crippen LogP contribution in [0.1, 0.15) is 0 Å². The number of ether oxygens (including phenoxy) is 1. The van der Waals surface area contributed by atoms with Crippen molar-refractivity contribution in [2.24, 2.45) is 0 Å². The molecule has 5 heterocycles. The molecule has 0 aliphatic heterocycles. The molecule has 0 spiro atoms. The number of imidazole rings is 1. The van der Waals surface area contributed by atoms with E-state index in [1.807, 2.05) is 36.4 Å². The summed E-state index contributed by atoms with van der Waals surface area (Å²) in [5.41, 5.74) is 7.00. The van der Waals surface area contributed by atoms with Crippen molar-refractivity contribution in [3.05, 3.63) is 67.4 Å². The number of nitrogens with zero attached hydrogens (tertiary/aromatic N) is 6. The molecule has 6 rings (SSSR count). The van der Waals surface area contributed by atoms with E-state index in [2.05, 4.69) is 30.1 Å². The predicted molar refractivity (Wildman–Crippen MR) is 120 cm³/mol. The Labute approximate surface area is 181 Å². The molecule has 0 unspecified atom stereocenters. The lowest BCUT2D eigenvalue weighted by molar-refractivity contribution is 0.415. The van der Waals surface area contributed by atoms with E-state index in [0.29, 0.717) is 28.4 Å². The van der Waals surface area contributed by atoms with E-state index < -0.39 is 0 Å². The molecule has 0 saturated heterocycles. The first-order valence-corrected chi connectivity index (χ1v) is 9.90. The van der Waals surface area contributed by atoms with Gasteiger partial charge < -0.3 is 9.72 Å². The average Bonchev–Trinajstić information content (AvgIpc) is 3.48. The van der Waals surface area contributed by atoms with Gasteiger partial charge in [-0.25, -0.2) is 9.97 Å². The minimum atomic E-state index is 0.604. The Morgan fingerprint density at radius 1 is 0.844 bits per heavy atom. The summed E-state index contributed by atoms with van der Waals surface area (Å²) >= 11 is 0. The van der Waals surface area contributed by atoms with Crippen LogP contribution in [-0.4, -0.2) is 47.2 Å². The highest BCUT2D eigenvalue weighted by Crippen LogP contribution is 2.32. The molecular formula is C23H16N8O. The first-order valence-electron chi connectivity index (χ1n) is 9.90. The van der Waals surface area contributed by atoms with Crippen LogP contribution in [0.2, 0.25) is 0 Å². The van der Waals surface area contributed by atoms with E-state index in [9.17, 15) is 0 Å². The quantitative estimate of drug-likeness (QED) is 0.442. The molecule has 0 bridgehead atoms. The van der Waals surface area contributed by atoms with Crippen molar-refractivity contribution in [3.8, 4) is 39.8 Å². The normalized spacial score (nSPS) is 11.3. The van der Waals surface area contributed by atoms with Gasteiger partial charge in [0.25, 0.3) is 0 Å². The van der Waals surface area contributed by atoms with Crippen molar-refractivity contribution in [2.45, 2.75) is 0 Å². The van der Waals surface area contributed by atoms with E-state index in [0.717, 1.165) is 33.4 Å². The Kier molecular flexibility index (Phi) is 4.10. The van der Waals surface area contributed by atoms with Gasteiger partial charge in [0.15, 0.2) is 11.5 Å². The van der Waals surface area contributed by atoms with Gasteiger partial charge in [-0.1, -0.05) is 12.1 Å². The van der Waals surface area contributed by atoms with E-state index in [1.165, 1.54) is 0 Å². The average molecular weight is 420 g/mol. The molecule has 1 aromatic carbocycles. The SMILES string of the molecule is COc1cccc(-c2cncc3[nH]c(-c4n[nH]c5ccc(-c6cnccn6)nc45)nc23)c1. The lowest BCUT2D eigenvalue weighted by Gasteiger charge is -2.04. The maximum absolute atomic E-state index is 5.37. The van der Waals surface area contributed by atoms with Crippen molar-refractivity contribution >= 4 is 22.1 Å². The first-order chi connectivity index (χ1) is 15.8. The van der Waals surface area contributed by atoms with Crippen molar-refractivity contribution in [3.63, 3.8) is 0 Å². The zero-order chi connectivity index (χ0) is 21.5. The van der Waals surface area contributed by atoms with Crippen LogP contribution in [-0.2, 0) is 0 Å². The lowest BCUT2D eigenvalue weighted by atomic mass is 10.1. The molecular weight excluding hydrogens is 404 g/mol. The topological polar surface area (TPSA) is 118 Å². The van der Waals surface area contributed by atoms with Crippen molar-refractivity contribution in [2.75, 3.05) is 7.11 Å². The molecule has 154 valence electrons. The van der Waals surface area contributed by atoms with Crippen LogP contribution < -0.4 is 4.74 Å². The monoisotopic (exact) mass is 420 g/mol. The molecule has 9 heteroatoms. The minimum Gasteiger partial charge on any atom is -0.497 e. The van der Waals surface area contributed by atoms with Gasteiger partial charge in [0.2, 0.25) is 0 Å². The zero-order valence-electron chi connectivity index (χ0n) is 16.9. The standard InChI is InChI=1S/C23H16N8O/c1-32-14-4-2-3-13(9-14)15-10-25-12-19-20(15)29-23(28-19)22-21-17(30-31-22)6-5-16(27-21)18-11-24-7-8-26-18/h2-12H,1H3,(H,28,29)(H,30,31). The number of hydrogen-bond acceptors (Lipinski definition) is 7. The molecule has 0 aliphatic rings. The number of fused-ring (bicyclic) bond motifs is 2. The van der Waals surface area contributed by atoms with Crippen LogP contribution in [0, 0.1) is 0 Å². The minimum absolute atomic E-state index is 0.604. The Bertz CT molecular complexity index is 1570. The number of H-pyrrole nitrogens is 2. The fourth-order valence-electron chi connectivity index (χ4n) is 3.69. The molecule has 0 amide bonds. The molecule has 5 aromatic heterocycles. The summed E-state index contributed by atoms with van der Waals surface area (Å²) in [4.78, 5) is 25.8. The molecule has 0 atom stereocenters. The maximum atomic E-state index is 5.37. The number of rotatable bonds is 4. The van der Waals surface area contributed by atoms with E-state index >= 15 is 0 Å². The number of benzene rings is 1. The maximum Gasteiger partial charge on any atom is 0.161 e. The zero-order valence-corrected chi connectivity index (χ0v) is 16.9. The molecule has 6 aromatic rings. The van der Waals surface area contributed by atoms with Crippen molar-refractivity contribution in [1.29, 1.82) is 0 Å². The molecule has 0 saturated carbocycles. The summed E-state index contributed by atoms with van der Waals surface area (Å²) in [5.74, 6) is 1.38. The molecule has 0 aliphatic carbocycles. The number of aromatic amines is 2. The summed E-state index contributed by atoms with van der Waals surface area (Å²) < 4.78 is 5.37. The van der Waals surface area contributed by atoms with Crippen LogP contribution in [0.4, 0.5) is 0 Å². The Hall–Kier alpha value is -4.66. The third kappa shape index (κ3) is 2.95. The molecule has 0 radical (unpaired) electrons. The largest absolute Gasteiger partial charge is 0.497 e. The summed E-state index contributed by atoms with van der Waals surface area (Å²) in [5, 5.41) is 7.50. The fourth-order valence-corrected chi connectivity index (χ4v) is 3.69. The summed E-state index contributed by atoms with van der Waals surface area (Å²) in [6, 6.07) is 11.6. The fraction of sp³-hybridized carbons (Fsp3) is 0.0435. The Morgan fingerprint density at radius 2 is 1.81 bits per heavy atom. The summed E-state index contributed by atoms with van der Waals surface area (Å²) in [6.45, 7) is 0. The number of aromatic nitrogens is 8. The molecule has 2 N–H and O–H groups in total. The smallest absolute Gasteiger partial charge is 0.161 e. The van der Waals surface area contributed by atoms with Gasteiger partial charge in [0.1, 0.15) is 17.0 Å². The Morgan fingerprint density at radius 3 is 2.69 bits per heavy atom.